The van der Waals surface area contributed by atoms with Crippen LogP contribution >= 0.6 is 0 Å². The maximum atomic E-state index is 11.4. The van der Waals surface area contributed by atoms with Crippen LogP contribution in [0.15, 0.2) is 28.7 Å². The third-order valence-electron chi connectivity index (χ3n) is 4.33. The van der Waals surface area contributed by atoms with Crippen molar-refractivity contribution < 1.29 is 29.0 Å². The Morgan fingerprint density at radius 2 is 2.07 bits per heavy atom. The first-order chi connectivity index (χ1) is 12.9. The van der Waals surface area contributed by atoms with Crippen molar-refractivity contribution in [3.05, 3.63) is 30.2 Å². The number of benzene rings is 1. The number of aromatic nitrogens is 2. The summed E-state index contributed by atoms with van der Waals surface area (Å²) in [7, 11) is 0. The summed E-state index contributed by atoms with van der Waals surface area (Å²) in [5.74, 6) is 1.43. The smallest absolute Gasteiger partial charge is 0.407 e. The Balaban J connectivity index is 1.60. The van der Waals surface area contributed by atoms with Crippen molar-refractivity contribution in [2.45, 2.75) is 19.4 Å². The van der Waals surface area contributed by atoms with Crippen LogP contribution in [0.4, 0.5) is 9.59 Å². The summed E-state index contributed by atoms with van der Waals surface area (Å²) in [4.78, 5) is 25.0. The lowest BCUT2D eigenvalue weighted by molar-refractivity contribution is 0.0562. The standard InChI is InChI=1S/C17H20N4O6/c1-11-18-19-15(27-11)12-3-2-4-14(9-12)26-8-5-13-10-20(16(22)23)6-7-21(13)17(24)25/h2-4,9,13H,5-8,10H2,1H3,(H,22,23)(H,24,25)/t13-/m1/s1. The van der Waals surface area contributed by atoms with Crippen LogP contribution < -0.4 is 4.74 Å². The predicted molar refractivity (Wildman–Crippen MR) is 92.7 cm³/mol. The van der Waals surface area contributed by atoms with Crippen LogP contribution in [0, 0.1) is 6.92 Å². The fourth-order valence-corrected chi connectivity index (χ4v) is 2.97. The molecule has 1 aromatic carbocycles. The molecule has 0 unspecified atom stereocenters. The first-order valence-electron chi connectivity index (χ1n) is 8.45. The van der Waals surface area contributed by atoms with Crippen LogP contribution in [0.25, 0.3) is 11.5 Å². The minimum Gasteiger partial charge on any atom is -0.493 e. The number of hydrogen-bond acceptors (Lipinski definition) is 6. The number of amides is 2. The summed E-state index contributed by atoms with van der Waals surface area (Å²) in [6, 6.07) is 6.69. The molecule has 0 radical (unpaired) electrons. The van der Waals surface area contributed by atoms with Gasteiger partial charge in [-0.1, -0.05) is 6.07 Å². The topological polar surface area (TPSA) is 129 Å². The molecule has 10 heteroatoms. The second-order valence-corrected chi connectivity index (χ2v) is 6.15. The zero-order valence-electron chi connectivity index (χ0n) is 14.7. The first kappa shape index (κ1) is 18.5. The second kappa shape index (κ2) is 7.94. The Kier molecular flexibility index (Phi) is 5.43. The molecule has 2 aromatic rings. The zero-order valence-corrected chi connectivity index (χ0v) is 14.7. The van der Waals surface area contributed by atoms with E-state index >= 15 is 0 Å². The van der Waals surface area contributed by atoms with Crippen LogP contribution in [-0.4, -0.2) is 74.7 Å². The average Bonchev–Trinajstić information content (AvgIpc) is 3.08. The van der Waals surface area contributed by atoms with Crippen molar-refractivity contribution in [3.63, 3.8) is 0 Å². The zero-order chi connectivity index (χ0) is 19.4. The van der Waals surface area contributed by atoms with Crippen molar-refractivity contribution in [2.24, 2.45) is 0 Å². The van der Waals surface area contributed by atoms with Crippen LogP contribution in [0.2, 0.25) is 0 Å². The van der Waals surface area contributed by atoms with Gasteiger partial charge in [0.05, 0.1) is 12.6 Å². The SMILES string of the molecule is Cc1nnc(-c2cccc(OCC[C@@H]3CN(C(=O)O)CCN3C(=O)O)c2)o1. The number of aryl methyl sites for hydroxylation is 1. The van der Waals surface area contributed by atoms with E-state index in [0.717, 1.165) is 5.56 Å². The molecule has 27 heavy (non-hydrogen) atoms. The van der Waals surface area contributed by atoms with Gasteiger partial charge < -0.3 is 29.2 Å². The normalized spacial score (nSPS) is 17.0. The first-order valence-corrected chi connectivity index (χ1v) is 8.45. The lowest BCUT2D eigenvalue weighted by atomic mass is 10.1. The second-order valence-electron chi connectivity index (χ2n) is 6.15. The van der Waals surface area contributed by atoms with Gasteiger partial charge in [0, 0.05) is 38.5 Å². The van der Waals surface area contributed by atoms with E-state index < -0.39 is 18.2 Å². The molecule has 1 aromatic heterocycles. The van der Waals surface area contributed by atoms with E-state index in [-0.39, 0.29) is 26.2 Å². The van der Waals surface area contributed by atoms with Crippen LogP contribution in [-0.2, 0) is 0 Å². The van der Waals surface area contributed by atoms with Gasteiger partial charge in [-0.3, -0.25) is 0 Å². The molecule has 1 fully saturated rings. The number of carbonyl (C=O) groups is 2. The molecule has 3 rings (SSSR count). The van der Waals surface area contributed by atoms with Crippen molar-refractivity contribution in [1.82, 2.24) is 20.0 Å². The molecule has 1 aliphatic heterocycles. The Morgan fingerprint density at radius 3 is 2.74 bits per heavy atom. The molecule has 2 amide bonds. The van der Waals surface area contributed by atoms with Crippen molar-refractivity contribution in [3.8, 4) is 17.2 Å². The lowest BCUT2D eigenvalue weighted by Crippen LogP contribution is -2.56. The van der Waals surface area contributed by atoms with E-state index in [0.29, 0.717) is 24.0 Å². The van der Waals surface area contributed by atoms with E-state index in [1.54, 1.807) is 25.1 Å². The Hall–Kier alpha value is -3.30. The molecule has 0 bridgehead atoms. The maximum Gasteiger partial charge on any atom is 0.407 e. The largest absolute Gasteiger partial charge is 0.493 e. The van der Waals surface area contributed by atoms with Crippen molar-refractivity contribution >= 4 is 12.2 Å². The van der Waals surface area contributed by atoms with Crippen LogP contribution in [0.1, 0.15) is 12.3 Å². The molecule has 144 valence electrons. The number of carboxylic acid groups (broad SMARTS) is 2. The number of hydrogen-bond donors (Lipinski definition) is 2. The molecule has 10 nitrogen and oxygen atoms in total. The summed E-state index contributed by atoms with van der Waals surface area (Å²) in [6.07, 6.45) is -1.73. The number of nitrogens with zero attached hydrogens (tertiary/aromatic N) is 4. The fourth-order valence-electron chi connectivity index (χ4n) is 2.97. The van der Waals surface area contributed by atoms with E-state index in [4.69, 9.17) is 14.3 Å². The molecule has 2 heterocycles. The summed E-state index contributed by atoms with van der Waals surface area (Å²) < 4.78 is 11.1. The molecule has 0 aliphatic carbocycles. The van der Waals surface area contributed by atoms with Crippen molar-refractivity contribution in [1.29, 1.82) is 0 Å². The maximum absolute atomic E-state index is 11.4. The number of piperazine rings is 1. The van der Waals surface area contributed by atoms with E-state index in [1.165, 1.54) is 9.80 Å². The van der Waals surface area contributed by atoms with Crippen LogP contribution in [0.3, 0.4) is 0 Å². The van der Waals surface area contributed by atoms with Gasteiger partial charge in [0.25, 0.3) is 0 Å². The highest BCUT2D eigenvalue weighted by atomic mass is 16.5. The molecule has 1 aliphatic rings. The molecular weight excluding hydrogens is 356 g/mol. The molecule has 0 saturated carbocycles. The summed E-state index contributed by atoms with van der Waals surface area (Å²) >= 11 is 0. The van der Waals surface area contributed by atoms with Gasteiger partial charge in [-0.2, -0.15) is 0 Å². The molecule has 1 atom stereocenters. The van der Waals surface area contributed by atoms with Gasteiger partial charge in [0.1, 0.15) is 5.75 Å². The quantitative estimate of drug-likeness (QED) is 0.812. The molecule has 1 saturated heterocycles. The Morgan fingerprint density at radius 1 is 1.26 bits per heavy atom. The van der Waals surface area contributed by atoms with Gasteiger partial charge in [-0.25, -0.2) is 9.59 Å². The monoisotopic (exact) mass is 376 g/mol. The van der Waals surface area contributed by atoms with Gasteiger partial charge in [-0.15, -0.1) is 10.2 Å². The summed E-state index contributed by atoms with van der Waals surface area (Å²) in [6.45, 7) is 2.40. The molecule has 0 spiro atoms. The highest BCUT2D eigenvalue weighted by molar-refractivity contribution is 5.68. The number of rotatable bonds is 5. The molecular formula is C17H20N4O6. The highest BCUT2D eigenvalue weighted by Gasteiger charge is 2.32. The summed E-state index contributed by atoms with van der Waals surface area (Å²) in [5, 5.41) is 26.2. The molecule has 2 N–H and O–H groups in total. The van der Waals surface area contributed by atoms with E-state index in [2.05, 4.69) is 10.2 Å². The number of ether oxygens (including phenoxy) is 1. The summed E-state index contributed by atoms with van der Waals surface area (Å²) in [5.41, 5.74) is 0.718. The minimum absolute atomic E-state index is 0.131. The Labute approximate surface area is 155 Å². The van der Waals surface area contributed by atoms with Gasteiger partial charge >= 0.3 is 12.2 Å². The van der Waals surface area contributed by atoms with Gasteiger partial charge in [0.15, 0.2) is 0 Å². The van der Waals surface area contributed by atoms with E-state index in [1.807, 2.05) is 6.07 Å². The third kappa shape index (κ3) is 4.46. The van der Waals surface area contributed by atoms with Crippen molar-refractivity contribution in [2.75, 3.05) is 26.2 Å². The van der Waals surface area contributed by atoms with E-state index in [9.17, 15) is 14.7 Å². The highest BCUT2D eigenvalue weighted by Crippen LogP contribution is 2.23. The third-order valence-corrected chi connectivity index (χ3v) is 4.33. The Bertz CT molecular complexity index is 823. The van der Waals surface area contributed by atoms with Gasteiger partial charge in [-0.05, 0) is 18.2 Å². The van der Waals surface area contributed by atoms with Crippen LogP contribution in [0.5, 0.6) is 5.75 Å². The van der Waals surface area contributed by atoms with Gasteiger partial charge in [0.2, 0.25) is 11.8 Å². The predicted octanol–water partition coefficient (Wildman–Crippen LogP) is 2.16. The average molecular weight is 376 g/mol. The lowest BCUT2D eigenvalue weighted by Gasteiger charge is -2.38. The fraction of sp³-hybridized carbons (Fsp3) is 0.412. The minimum atomic E-state index is -1.06.